The molecule has 0 spiro atoms. The Morgan fingerprint density at radius 1 is 1.11 bits per heavy atom. The average Bonchev–Trinajstić information content (AvgIpc) is 2.31. The number of benzene rings is 2. The minimum absolute atomic E-state index is 0.128. The van der Waals surface area contributed by atoms with Gasteiger partial charge in [0.2, 0.25) is 5.43 Å². The fourth-order valence-corrected chi connectivity index (χ4v) is 2.07. The zero-order chi connectivity index (χ0) is 12.9. The molecule has 0 amide bonds. The van der Waals surface area contributed by atoms with Crippen LogP contribution < -0.4 is 5.43 Å². The average molecular weight is 280 g/mol. The molecule has 0 saturated heterocycles. The van der Waals surface area contributed by atoms with Gasteiger partial charge in [0.15, 0.2) is 11.3 Å². The van der Waals surface area contributed by atoms with Crippen molar-refractivity contribution in [3.8, 4) is 11.5 Å². The van der Waals surface area contributed by atoms with E-state index >= 15 is 0 Å². The van der Waals surface area contributed by atoms with Crippen LogP contribution in [0.4, 0.5) is 0 Å². The van der Waals surface area contributed by atoms with Gasteiger partial charge in [-0.05, 0) is 30.7 Å². The van der Waals surface area contributed by atoms with Crippen molar-refractivity contribution in [1.29, 1.82) is 0 Å². The van der Waals surface area contributed by atoms with Crippen LogP contribution in [-0.2, 0) is 0 Å². The van der Waals surface area contributed by atoms with Gasteiger partial charge >= 0.3 is 0 Å². The number of fused-ring (bicyclic) bond motifs is 2. The van der Waals surface area contributed by atoms with Crippen LogP contribution in [-0.4, -0.2) is 4.98 Å². The Kier molecular flexibility index (Phi) is 2.54. The first-order valence-corrected chi connectivity index (χ1v) is 6.00. The third-order valence-corrected chi connectivity index (χ3v) is 3.42. The molecule has 1 aliphatic heterocycles. The monoisotopic (exact) mass is 279 g/mol. The summed E-state index contributed by atoms with van der Waals surface area (Å²) in [5.74, 6) is 0.415. The molecule has 18 heavy (non-hydrogen) atoms. The number of aryl methyl sites for hydroxylation is 1. The first kappa shape index (κ1) is 11.5. The highest BCUT2D eigenvalue weighted by molar-refractivity contribution is 6.32. The van der Waals surface area contributed by atoms with Gasteiger partial charge in [0.05, 0.1) is 5.02 Å². The number of rotatable bonds is 0. The summed E-state index contributed by atoms with van der Waals surface area (Å²) in [7, 11) is 0. The Morgan fingerprint density at radius 3 is 2.67 bits per heavy atom. The Balaban J connectivity index is 2.45. The molecule has 1 aromatic rings. The van der Waals surface area contributed by atoms with E-state index in [9.17, 15) is 4.79 Å². The maximum absolute atomic E-state index is 11.4. The van der Waals surface area contributed by atoms with Gasteiger partial charge in [0.25, 0.3) is 0 Å². The first-order valence-electron chi connectivity index (χ1n) is 5.25. The van der Waals surface area contributed by atoms with Crippen molar-refractivity contribution < 1.29 is 4.42 Å². The fourth-order valence-electron chi connectivity index (χ4n) is 1.76. The molecule has 3 nitrogen and oxygen atoms in total. The maximum atomic E-state index is 11.4. The molecule has 1 aliphatic carbocycles. The Labute approximate surface area is 112 Å². The highest BCUT2D eigenvalue weighted by atomic mass is 35.5. The van der Waals surface area contributed by atoms with Crippen molar-refractivity contribution in [2.24, 2.45) is 0 Å². The molecule has 0 bridgehead atoms. The number of nitrogens with zero attached hydrogens (tertiary/aromatic N) is 1. The molecule has 0 N–H and O–H groups in total. The second kappa shape index (κ2) is 3.97. The summed E-state index contributed by atoms with van der Waals surface area (Å²) in [6, 6.07) is 6.36. The zero-order valence-electron chi connectivity index (χ0n) is 9.33. The van der Waals surface area contributed by atoms with E-state index in [-0.39, 0.29) is 10.5 Å². The largest absolute Gasteiger partial charge is 0.453 e. The van der Waals surface area contributed by atoms with E-state index in [0.717, 1.165) is 5.56 Å². The Hall–Kier alpha value is -1.58. The summed E-state index contributed by atoms with van der Waals surface area (Å²) < 4.78 is 5.64. The van der Waals surface area contributed by atoms with E-state index in [1.165, 1.54) is 12.1 Å². The third kappa shape index (κ3) is 1.76. The highest BCUT2D eigenvalue weighted by Crippen LogP contribution is 2.28. The van der Waals surface area contributed by atoms with Gasteiger partial charge in [-0.3, -0.25) is 4.79 Å². The predicted octanol–water partition coefficient (Wildman–Crippen LogP) is 3.91. The van der Waals surface area contributed by atoms with Gasteiger partial charge in [0, 0.05) is 11.1 Å². The van der Waals surface area contributed by atoms with Gasteiger partial charge in [-0.1, -0.05) is 23.2 Å². The number of hydrogen-bond acceptors (Lipinski definition) is 3. The van der Waals surface area contributed by atoms with Crippen molar-refractivity contribution in [2.45, 2.75) is 6.92 Å². The Bertz CT molecular complexity index is 795. The van der Waals surface area contributed by atoms with E-state index < -0.39 is 0 Å². The van der Waals surface area contributed by atoms with Gasteiger partial charge in [0.1, 0.15) is 11.2 Å². The molecule has 0 atom stereocenters. The molecule has 2 aliphatic rings. The normalized spacial score (nSPS) is 11.3. The van der Waals surface area contributed by atoms with E-state index in [1.54, 1.807) is 12.1 Å². The van der Waals surface area contributed by atoms with Crippen molar-refractivity contribution in [3.63, 3.8) is 0 Å². The molecule has 1 aromatic carbocycles. The number of aromatic nitrogens is 1. The molecule has 5 heteroatoms. The number of hydrogen-bond donors (Lipinski definition) is 0. The van der Waals surface area contributed by atoms with E-state index in [1.807, 2.05) is 6.92 Å². The highest BCUT2D eigenvalue weighted by Gasteiger charge is 2.12. The lowest BCUT2D eigenvalue weighted by Gasteiger charge is -2.07. The smallest absolute Gasteiger partial charge is 0.201 e. The van der Waals surface area contributed by atoms with Crippen molar-refractivity contribution >= 4 is 34.3 Å². The van der Waals surface area contributed by atoms with Crippen molar-refractivity contribution in [3.05, 3.63) is 50.1 Å². The lowest BCUT2D eigenvalue weighted by Crippen LogP contribution is -2.02. The molecular formula is C13H7Cl2NO2. The van der Waals surface area contributed by atoms with Gasteiger partial charge in [-0.25, -0.2) is 4.98 Å². The summed E-state index contributed by atoms with van der Waals surface area (Å²) in [6.45, 7) is 1.88. The molecule has 90 valence electrons. The zero-order valence-corrected chi connectivity index (χ0v) is 10.8. The molecule has 1 heterocycles. The molecule has 0 unspecified atom stereocenters. The number of halogens is 2. The Morgan fingerprint density at radius 2 is 1.89 bits per heavy atom. The standard InChI is InChI=1S/C13H7Cl2NO2/c1-6-2-12-9(3-7(6)14)16-10-4-8(15)11(17)5-13(10)18-12/h2-5H,1H3. The van der Waals surface area contributed by atoms with Crippen LogP contribution in [0.1, 0.15) is 5.56 Å². The summed E-state index contributed by atoms with van der Waals surface area (Å²) in [4.78, 5) is 15.8. The lowest BCUT2D eigenvalue weighted by molar-refractivity contribution is 0.612. The second-order valence-electron chi connectivity index (χ2n) is 4.03. The second-order valence-corrected chi connectivity index (χ2v) is 4.85. The van der Waals surface area contributed by atoms with Crippen LogP contribution >= 0.6 is 23.2 Å². The van der Waals surface area contributed by atoms with Crippen LogP contribution in [0.5, 0.6) is 0 Å². The van der Waals surface area contributed by atoms with Gasteiger partial charge < -0.3 is 4.42 Å². The van der Waals surface area contributed by atoms with Crippen LogP contribution in [0, 0.1) is 6.92 Å². The van der Waals surface area contributed by atoms with Crippen LogP contribution in [0.3, 0.4) is 0 Å². The molecule has 0 saturated carbocycles. The summed E-state index contributed by atoms with van der Waals surface area (Å²) in [5.41, 5.74) is 2.37. The molecule has 0 aromatic heterocycles. The van der Waals surface area contributed by atoms with Crippen molar-refractivity contribution in [2.75, 3.05) is 0 Å². The summed E-state index contributed by atoms with van der Waals surface area (Å²) in [5, 5.41) is 0.749. The van der Waals surface area contributed by atoms with E-state index in [4.69, 9.17) is 27.6 Å². The topological polar surface area (TPSA) is 43.1 Å². The molecular weight excluding hydrogens is 273 g/mol. The van der Waals surface area contributed by atoms with E-state index in [2.05, 4.69) is 4.98 Å². The van der Waals surface area contributed by atoms with Crippen LogP contribution in [0.2, 0.25) is 10.0 Å². The fraction of sp³-hybridized carbons (Fsp3) is 0.0769. The van der Waals surface area contributed by atoms with Gasteiger partial charge in [-0.15, -0.1) is 0 Å². The maximum Gasteiger partial charge on any atom is 0.201 e. The first-order chi connectivity index (χ1) is 8.54. The summed E-state index contributed by atoms with van der Waals surface area (Å²) >= 11 is 11.8. The minimum Gasteiger partial charge on any atom is -0.453 e. The molecule has 0 fully saturated rings. The van der Waals surface area contributed by atoms with Crippen molar-refractivity contribution in [1.82, 2.24) is 4.98 Å². The minimum atomic E-state index is -0.278. The van der Waals surface area contributed by atoms with Gasteiger partial charge in [-0.2, -0.15) is 0 Å². The third-order valence-electron chi connectivity index (χ3n) is 2.71. The van der Waals surface area contributed by atoms with E-state index in [0.29, 0.717) is 27.6 Å². The molecule has 3 rings (SSSR count). The molecule has 0 radical (unpaired) electrons. The quantitative estimate of drug-likeness (QED) is 0.586. The summed E-state index contributed by atoms with van der Waals surface area (Å²) in [6.07, 6.45) is 0. The lowest BCUT2D eigenvalue weighted by atomic mass is 10.2. The van der Waals surface area contributed by atoms with Crippen LogP contribution in [0.25, 0.3) is 22.6 Å². The SMILES string of the molecule is Cc1cc2oc3cc(=O)c(Cl)cc-3nc2cc1Cl. The van der Waals surface area contributed by atoms with Crippen LogP contribution in [0.15, 0.2) is 33.5 Å². The predicted molar refractivity (Wildman–Crippen MR) is 71.7 cm³/mol.